The fourth-order valence-corrected chi connectivity index (χ4v) is 2.96. The number of amides is 1. The van der Waals surface area contributed by atoms with Gasteiger partial charge in [0, 0.05) is 38.4 Å². The largest absolute Gasteiger partial charge is 0.467 e. The molecule has 6 nitrogen and oxygen atoms in total. The summed E-state index contributed by atoms with van der Waals surface area (Å²) in [5.41, 5.74) is 1.70. The molecule has 3 rings (SSSR count). The lowest BCUT2D eigenvalue weighted by Crippen LogP contribution is -2.40. The van der Waals surface area contributed by atoms with Gasteiger partial charge in [-0.25, -0.2) is 0 Å². The quantitative estimate of drug-likeness (QED) is 0.824. The molecular weight excluding hydrogens is 330 g/mol. The normalized spacial score (nSPS) is 16.2. The fraction of sp³-hybridized carbons (Fsp3) is 0.450. The second kappa shape index (κ2) is 8.87. The van der Waals surface area contributed by atoms with Crippen molar-refractivity contribution < 1.29 is 13.9 Å². The monoisotopic (exact) mass is 357 g/mol. The maximum atomic E-state index is 12.4. The molecule has 6 heteroatoms. The second-order valence-electron chi connectivity index (χ2n) is 6.70. The van der Waals surface area contributed by atoms with Crippen molar-refractivity contribution in [3.05, 3.63) is 54.0 Å². The Morgan fingerprint density at radius 1 is 1.27 bits per heavy atom. The molecule has 1 N–H and O–H groups in total. The van der Waals surface area contributed by atoms with Crippen molar-refractivity contribution in [3.63, 3.8) is 0 Å². The van der Waals surface area contributed by atoms with Gasteiger partial charge in [0.05, 0.1) is 25.3 Å². The van der Waals surface area contributed by atoms with Crippen LogP contribution in [0.4, 0.5) is 5.69 Å². The number of para-hydroxylation sites is 1. The molecule has 1 aromatic carbocycles. The molecule has 1 unspecified atom stereocenters. The summed E-state index contributed by atoms with van der Waals surface area (Å²) < 4.78 is 10.9. The molecule has 2 aromatic rings. The van der Waals surface area contributed by atoms with Crippen LogP contribution in [0.2, 0.25) is 0 Å². The number of nitrogens with one attached hydrogen (secondary N) is 1. The summed E-state index contributed by atoms with van der Waals surface area (Å²) in [5.74, 6) is 0.710. The molecule has 26 heavy (non-hydrogen) atoms. The first kappa shape index (κ1) is 18.5. The van der Waals surface area contributed by atoms with Crippen molar-refractivity contribution in [2.24, 2.45) is 0 Å². The lowest BCUT2D eigenvalue weighted by atomic mass is 10.2. The van der Waals surface area contributed by atoms with Gasteiger partial charge in [-0.3, -0.25) is 9.69 Å². The maximum absolute atomic E-state index is 12.4. The van der Waals surface area contributed by atoms with Gasteiger partial charge in [-0.2, -0.15) is 0 Å². The number of benzene rings is 1. The van der Waals surface area contributed by atoms with E-state index in [1.807, 2.05) is 31.3 Å². The number of hydrogen-bond donors (Lipinski definition) is 1. The van der Waals surface area contributed by atoms with E-state index in [1.54, 1.807) is 0 Å². The van der Waals surface area contributed by atoms with Crippen LogP contribution in [0, 0.1) is 0 Å². The Balaban J connectivity index is 1.48. The van der Waals surface area contributed by atoms with E-state index in [1.165, 1.54) is 6.26 Å². The number of likely N-dealkylation sites (N-methyl/N-ethyl adjacent to an activating group) is 1. The molecule has 1 atom stereocenters. The SMILES string of the molecule is CC(CNC(=O)c1coc(CN2CCOCC2)c1)N(C)c1ccccc1. The molecule has 1 aliphatic heterocycles. The number of morpholine rings is 1. The smallest absolute Gasteiger partial charge is 0.254 e. The number of anilines is 1. The maximum Gasteiger partial charge on any atom is 0.254 e. The van der Waals surface area contributed by atoms with E-state index < -0.39 is 0 Å². The molecule has 1 fully saturated rings. The minimum Gasteiger partial charge on any atom is -0.467 e. The van der Waals surface area contributed by atoms with Crippen LogP contribution in [0.5, 0.6) is 0 Å². The standard InChI is InChI=1S/C20H27N3O3/c1-16(22(2)18-6-4-3-5-7-18)13-21-20(24)17-12-19(26-15-17)14-23-8-10-25-11-9-23/h3-7,12,15-16H,8-11,13-14H2,1-2H3,(H,21,24). The summed E-state index contributed by atoms with van der Waals surface area (Å²) in [6.45, 7) is 6.66. The minimum atomic E-state index is -0.102. The fourth-order valence-electron chi connectivity index (χ4n) is 2.96. The summed E-state index contributed by atoms with van der Waals surface area (Å²) in [4.78, 5) is 16.8. The van der Waals surface area contributed by atoms with E-state index in [0.717, 1.165) is 37.8 Å². The highest BCUT2D eigenvalue weighted by Crippen LogP contribution is 2.14. The van der Waals surface area contributed by atoms with Crippen molar-refractivity contribution >= 4 is 11.6 Å². The van der Waals surface area contributed by atoms with Crippen LogP contribution >= 0.6 is 0 Å². The number of hydrogen-bond acceptors (Lipinski definition) is 5. The van der Waals surface area contributed by atoms with Crippen molar-refractivity contribution in [1.82, 2.24) is 10.2 Å². The number of carbonyl (C=O) groups excluding carboxylic acids is 1. The summed E-state index contributed by atoms with van der Waals surface area (Å²) in [5, 5.41) is 2.99. The predicted molar refractivity (Wildman–Crippen MR) is 101 cm³/mol. The molecule has 0 spiro atoms. The van der Waals surface area contributed by atoms with Crippen LogP contribution in [0.1, 0.15) is 23.0 Å². The third-order valence-electron chi connectivity index (χ3n) is 4.78. The lowest BCUT2D eigenvalue weighted by molar-refractivity contribution is 0.0313. The van der Waals surface area contributed by atoms with Crippen molar-refractivity contribution in [2.45, 2.75) is 19.5 Å². The van der Waals surface area contributed by atoms with Gasteiger partial charge in [-0.05, 0) is 25.1 Å². The van der Waals surface area contributed by atoms with Crippen LogP contribution < -0.4 is 10.2 Å². The second-order valence-corrected chi connectivity index (χ2v) is 6.70. The molecule has 1 amide bonds. The lowest BCUT2D eigenvalue weighted by Gasteiger charge is -2.27. The highest BCUT2D eigenvalue weighted by atomic mass is 16.5. The zero-order valence-electron chi connectivity index (χ0n) is 15.5. The predicted octanol–water partition coefficient (Wildman–Crippen LogP) is 2.37. The highest BCUT2D eigenvalue weighted by Gasteiger charge is 2.16. The molecular formula is C20H27N3O3. The summed E-state index contributed by atoms with van der Waals surface area (Å²) >= 11 is 0. The van der Waals surface area contributed by atoms with Gasteiger partial charge in [-0.1, -0.05) is 18.2 Å². The minimum absolute atomic E-state index is 0.102. The molecule has 140 valence electrons. The van der Waals surface area contributed by atoms with E-state index in [2.05, 4.69) is 34.2 Å². The van der Waals surface area contributed by atoms with Gasteiger partial charge in [-0.15, -0.1) is 0 Å². The molecule has 1 aliphatic rings. The Morgan fingerprint density at radius 3 is 2.73 bits per heavy atom. The average Bonchev–Trinajstić information content (AvgIpc) is 3.15. The van der Waals surface area contributed by atoms with Crippen molar-refractivity contribution in [2.75, 3.05) is 44.8 Å². The number of nitrogens with zero attached hydrogens (tertiary/aromatic N) is 2. The summed E-state index contributed by atoms with van der Waals surface area (Å²) in [6, 6.07) is 12.2. The van der Waals surface area contributed by atoms with E-state index in [4.69, 9.17) is 9.15 Å². The topological polar surface area (TPSA) is 58.0 Å². The average molecular weight is 357 g/mol. The van der Waals surface area contributed by atoms with Gasteiger partial charge in [0.25, 0.3) is 5.91 Å². The number of carbonyl (C=O) groups is 1. The van der Waals surface area contributed by atoms with Gasteiger partial charge in [0.15, 0.2) is 0 Å². The van der Waals surface area contributed by atoms with Crippen LogP contribution in [-0.4, -0.2) is 56.7 Å². The van der Waals surface area contributed by atoms with Gasteiger partial charge < -0.3 is 19.4 Å². The first-order chi connectivity index (χ1) is 12.6. The van der Waals surface area contributed by atoms with E-state index in [9.17, 15) is 4.79 Å². The van der Waals surface area contributed by atoms with E-state index in [0.29, 0.717) is 18.7 Å². The van der Waals surface area contributed by atoms with E-state index >= 15 is 0 Å². The van der Waals surface area contributed by atoms with Crippen LogP contribution in [0.3, 0.4) is 0 Å². The van der Waals surface area contributed by atoms with Gasteiger partial charge in [0.2, 0.25) is 0 Å². The zero-order chi connectivity index (χ0) is 18.4. The molecule has 1 saturated heterocycles. The Morgan fingerprint density at radius 2 is 2.00 bits per heavy atom. The molecule has 0 bridgehead atoms. The number of ether oxygens (including phenoxy) is 1. The Bertz CT molecular complexity index is 695. The molecule has 0 saturated carbocycles. The molecule has 1 aromatic heterocycles. The Hall–Kier alpha value is -2.31. The molecule has 2 heterocycles. The van der Waals surface area contributed by atoms with Crippen LogP contribution in [0.15, 0.2) is 47.1 Å². The summed E-state index contributed by atoms with van der Waals surface area (Å²) in [6.07, 6.45) is 1.54. The number of furan rings is 1. The third kappa shape index (κ3) is 4.86. The number of rotatable bonds is 7. The van der Waals surface area contributed by atoms with Crippen molar-refractivity contribution in [1.29, 1.82) is 0 Å². The molecule has 0 radical (unpaired) electrons. The van der Waals surface area contributed by atoms with E-state index in [-0.39, 0.29) is 11.9 Å². The third-order valence-corrected chi connectivity index (χ3v) is 4.78. The first-order valence-electron chi connectivity index (χ1n) is 9.07. The van der Waals surface area contributed by atoms with Gasteiger partial charge >= 0.3 is 0 Å². The van der Waals surface area contributed by atoms with Crippen LogP contribution in [-0.2, 0) is 11.3 Å². The van der Waals surface area contributed by atoms with Gasteiger partial charge in [0.1, 0.15) is 12.0 Å². The Kier molecular flexibility index (Phi) is 6.30. The highest BCUT2D eigenvalue weighted by molar-refractivity contribution is 5.94. The molecule has 0 aliphatic carbocycles. The first-order valence-corrected chi connectivity index (χ1v) is 9.07. The zero-order valence-corrected chi connectivity index (χ0v) is 15.5. The van der Waals surface area contributed by atoms with Crippen LogP contribution in [0.25, 0.3) is 0 Å². The Labute approximate surface area is 154 Å². The van der Waals surface area contributed by atoms with Crippen molar-refractivity contribution in [3.8, 4) is 0 Å². The summed E-state index contributed by atoms with van der Waals surface area (Å²) in [7, 11) is 2.03.